The van der Waals surface area contributed by atoms with Crippen molar-refractivity contribution in [2.24, 2.45) is 0 Å². The molecule has 0 unspecified atom stereocenters. The van der Waals surface area contributed by atoms with Crippen molar-refractivity contribution in [3.05, 3.63) is 42.0 Å². The SMILES string of the molecule is CCOCCC=Cc1ccccc1. The van der Waals surface area contributed by atoms with Crippen LogP contribution in [-0.4, -0.2) is 13.2 Å². The Bertz CT molecular complexity index is 239. The van der Waals surface area contributed by atoms with Crippen molar-refractivity contribution >= 4 is 6.08 Å². The van der Waals surface area contributed by atoms with Crippen LogP contribution in [0.25, 0.3) is 6.08 Å². The number of benzene rings is 1. The molecule has 1 nitrogen and oxygen atoms in total. The van der Waals surface area contributed by atoms with E-state index in [1.165, 1.54) is 5.56 Å². The van der Waals surface area contributed by atoms with Crippen molar-refractivity contribution in [1.82, 2.24) is 0 Å². The van der Waals surface area contributed by atoms with E-state index in [2.05, 4.69) is 24.3 Å². The predicted octanol–water partition coefficient (Wildman–Crippen LogP) is 3.13. The average Bonchev–Trinajstić information content (AvgIpc) is 2.19. The van der Waals surface area contributed by atoms with Gasteiger partial charge in [-0.2, -0.15) is 0 Å². The summed E-state index contributed by atoms with van der Waals surface area (Å²) in [6.07, 6.45) is 5.26. The molecule has 0 saturated heterocycles. The molecule has 1 aromatic carbocycles. The monoisotopic (exact) mass is 176 g/mol. The number of hydrogen-bond donors (Lipinski definition) is 0. The number of rotatable bonds is 5. The van der Waals surface area contributed by atoms with Crippen LogP contribution in [0.2, 0.25) is 0 Å². The molecule has 0 N–H and O–H groups in total. The van der Waals surface area contributed by atoms with Gasteiger partial charge in [0.2, 0.25) is 0 Å². The molecule has 0 radical (unpaired) electrons. The lowest BCUT2D eigenvalue weighted by Gasteiger charge is -1.95. The molecule has 0 aliphatic carbocycles. The van der Waals surface area contributed by atoms with Crippen molar-refractivity contribution in [3.8, 4) is 0 Å². The lowest BCUT2D eigenvalue weighted by Crippen LogP contribution is -1.90. The highest BCUT2D eigenvalue weighted by Crippen LogP contribution is 2.01. The van der Waals surface area contributed by atoms with Gasteiger partial charge in [0.15, 0.2) is 0 Å². The molecule has 0 spiro atoms. The normalized spacial score (nSPS) is 10.8. The van der Waals surface area contributed by atoms with E-state index in [0.29, 0.717) is 0 Å². The van der Waals surface area contributed by atoms with Crippen LogP contribution < -0.4 is 0 Å². The van der Waals surface area contributed by atoms with Crippen LogP contribution >= 0.6 is 0 Å². The fourth-order valence-electron chi connectivity index (χ4n) is 1.08. The molecule has 13 heavy (non-hydrogen) atoms. The third-order valence-electron chi connectivity index (χ3n) is 1.74. The van der Waals surface area contributed by atoms with Crippen molar-refractivity contribution in [2.75, 3.05) is 13.2 Å². The van der Waals surface area contributed by atoms with Crippen molar-refractivity contribution in [2.45, 2.75) is 13.3 Å². The van der Waals surface area contributed by atoms with Gasteiger partial charge in [-0.1, -0.05) is 42.5 Å². The Labute approximate surface area is 80.0 Å². The van der Waals surface area contributed by atoms with E-state index in [1.807, 2.05) is 25.1 Å². The Morgan fingerprint density at radius 2 is 2.00 bits per heavy atom. The van der Waals surface area contributed by atoms with Gasteiger partial charge in [-0.05, 0) is 18.9 Å². The highest BCUT2D eigenvalue weighted by atomic mass is 16.5. The second kappa shape index (κ2) is 6.44. The summed E-state index contributed by atoms with van der Waals surface area (Å²) in [6, 6.07) is 10.3. The largest absolute Gasteiger partial charge is 0.381 e. The Kier molecular flexibility index (Phi) is 4.95. The third kappa shape index (κ3) is 4.48. The molecule has 0 aliphatic rings. The zero-order chi connectivity index (χ0) is 9.36. The molecule has 1 heteroatoms. The Balaban J connectivity index is 2.25. The van der Waals surface area contributed by atoms with Crippen LogP contribution in [0, 0.1) is 0 Å². The van der Waals surface area contributed by atoms with E-state index < -0.39 is 0 Å². The van der Waals surface area contributed by atoms with Gasteiger partial charge < -0.3 is 4.74 Å². The van der Waals surface area contributed by atoms with Gasteiger partial charge >= 0.3 is 0 Å². The summed E-state index contributed by atoms with van der Waals surface area (Å²) in [5, 5.41) is 0. The van der Waals surface area contributed by atoms with Crippen LogP contribution in [0.3, 0.4) is 0 Å². The molecule has 1 aromatic rings. The molecular formula is C12H16O. The van der Waals surface area contributed by atoms with E-state index in [1.54, 1.807) is 0 Å². The summed E-state index contributed by atoms with van der Waals surface area (Å²) < 4.78 is 5.22. The molecule has 0 aromatic heterocycles. The molecule has 0 bridgehead atoms. The molecule has 1 rings (SSSR count). The van der Waals surface area contributed by atoms with E-state index in [0.717, 1.165) is 19.6 Å². The van der Waals surface area contributed by atoms with Gasteiger partial charge in [0.25, 0.3) is 0 Å². The zero-order valence-corrected chi connectivity index (χ0v) is 8.07. The highest BCUT2D eigenvalue weighted by Gasteiger charge is 1.83. The van der Waals surface area contributed by atoms with Crippen molar-refractivity contribution < 1.29 is 4.74 Å². The van der Waals surface area contributed by atoms with Crippen LogP contribution in [0.5, 0.6) is 0 Å². The van der Waals surface area contributed by atoms with E-state index in [4.69, 9.17) is 4.74 Å². The first kappa shape index (κ1) is 10.0. The fourth-order valence-corrected chi connectivity index (χ4v) is 1.08. The van der Waals surface area contributed by atoms with Gasteiger partial charge in [0.1, 0.15) is 0 Å². The van der Waals surface area contributed by atoms with Crippen LogP contribution in [-0.2, 0) is 4.74 Å². The lowest BCUT2D eigenvalue weighted by atomic mass is 10.2. The van der Waals surface area contributed by atoms with E-state index in [-0.39, 0.29) is 0 Å². The second-order valence-electron chi connectivity index (χ2n) is 2.80. The smallest absolute Gasteiger partial charge is 0.0500 e. The van der Waals surface area contributed by atoms with Gasteiger partial charge in [-0.15, -0.1) is 0 Å². The maximum atomic E-state index is 5.22. The standard InChI is InChI=1S/C12H16O/c1-2-13-11-7-6-10-12-8-4-3-5-9-12/h3-6,8-10H,2,7,11H2,1H3. The Morgan fingerprint density at radius 1 is 1.23 bits per heavy atom. The summed E-state index contributed by atoms with van der Waals surface area (Å²) in [7, 11) is 0. The molecule has 0 atom stereocenters. The molecule has 0 aliphatic heterocycles. The van der Waals surface area contributed by atoms with E-state index >= 15 is 0 Å². The quantitative estimate of drug-likeness (QED) is 0.626. The first-order chi connectivity index (χ1) is 6.43. The first-order valence-electron chi connectivity index (χ1n) is 4.73. The summed E-state index contributed by atoms with van der Waals surface area (Å²) in [5.74, 6) is 0. The highest BCUT2D eigenvalue weighted by molar-refractivity contribution is 5.48. The lowest BCUT2D eigenvalue weighted by molar-refractivity contribution is 0.152. The summed E-state index contributed by atoms with van der Waals surface area (Å²) >= 11 is 0. The van der Waals surface area contributed by atoms with Gasteiger partial charge in [-0.25, -0.2) is 0 Å². The molecule has 0 amide bonds. The fraction of sp³-hybridized carbons (Fsp3) is 0.333. The Hall–Kier alpha value is -1.08. The summed E-state index contributed by atoms with van der Waals surface area (Å²) in [6.45, 7) is 3.64. The molecule has 0 fully saturated rings. The van der Waals surface area contributed by atoms with Crippen LogP contribution in [0.15, 0.2) is 36.4 Å². The number of hydrogen-bond acceptors (Lipinski definition) is 1. The maximum absolute atomic E-state index is 5.22. The predicted molar refractivity (Wildman–Crippen MR) is 56.6 cm³/mol. The van der Waals surface area contributed by atoms with Crippen LogP contribution in [0.1, 0.15) is 18.9 Å². The zero-order valence-electron chi connectivity index (χ0n) is 8.07. The second-order valence-corrected chi connectivity index (χ2v) is 2.80. The topological polar surface area (TPSA) is 9.23 Å². The average molecular weight is 176 g/mol. The minimum atomic E-state index is 0.805. The van der Waals surface area contributed by atoms with Gasteiger partial charge in [0, 0.05) is 13.2 Å². The van der Waals surface area contributed by atoms with Crippen molar-refractivity contribution in [1.29, 1.82) is 0 Å². The molecule has 0 heterocycles. The van der Waals surface area contributed by atoms with Gasteiger partial charge in [-0.3, -0.25) is 0 Å². The summed E-state index contributed by atoms with van der Waals surface area (Å²) in [5.41, 5.74) is 1.25. The maximum Gasteiger partial charge on any atom is 0.0500 e. The summed E-state index contributed by atoms with van der Waals surface area (Å²) in [4.78, 5) is 0. The first-order valence-corrected chi connectivity index (χ1v) is 4.73. The minimum absolute atomic E-state index is 0.805. The minimum Gasteiger partial charge on any atom is -0.381 e. The molecular weight excluding hydrogens is 160 g/mol. The van der Waals surface area contributed by atoms with Crippen molar-refractivity contribution in [3.63, 3.8) is 0 Å². The van der Waals surface area contributed by atoms with Crippen LogP contribution in [0.4, 0.5) is 0 Å². The molecule has 70 valence electrons. The third-order valence-corrected chi connectivity index (χ3v) is 1.74. The van der Waals surface area contributed by atoms with E-state index in [9.17, 15) is 0 Å². The van der Waals surface area contributed by atoms with Gasteiger partial charge in [0.05, 0.1) is 0 Å². The number of ether oxygens (including phenoxy) is 1. The molecule has 0 saturated carbocycles. The Morgan fingerprint density at radius 3 is 2.69 bits per heavy atom.